The Hall–Kier alpha value is -1.13. The first kappa shape index (κ1) is 13.9. The van der Waals surface area contributed by atoms with Gasteiger partial charge in [0.15, 0.2) is 9.84 Å². The summed E-state index contributed by atoms with van der Waals surface area (Å²) in [6, 6.07) is 6.68. The van der Waals surface area contributed by atoms with Gasteiger partial charge in [-0.3, -0.25) is 0 Å². The molecule has 0 aliphatic rings. The van der Waals surface area contributed by atoms with Crippen LogP contribution in [0, 0.1) is 0 Å². The van der Waals surface area contributed by atoms with E-state index in [0.29, 0.717) is 4.90 Å². The fourth-order valence-electron chi connectivity index (χ4n) is 1.54. The molecule has 0 amide bonds. The van der Waals surface area contributed by atoms with Gasteiger partial charge in [0.2, 0.25) is 0 Å². The van der Waals surface area contributed by atoms with E-state index in [1.165, 1.54) is 6.26 Å². The van der Waals surface area contributed by atoms with Gasteiger partial charge >= 0.3 is 0 Å². The molecule has 4 heteroatoms. The molecule has 0 fully saturated rings. The van der Waals surface area contributed by atoms with Crippen molar-refractivity contribution in [2.75, 3.05) is 6.26 Å². The van der Waals surface area contributed by atoms with Gasteiger partial charge in [-0.25, -0.2) is 8.42 Å². The van der Waals surface area contributed by atoms with Gasteiger partial charge in [0.25, 0.3) is 0 Å². The number of benzene rings is 1. The van der Waals surface area contributed by atoms with E-state index < -0.39 is 9.84 Å². The molecule has 2 N–H and O–H groups in total. The van der Waals surface area contributed by atoms with Gasteiger partial charge in [-0.2, -0.15) is 0 Å². The second kappa shape index (κ2) is 5.47. The van der Waals surface area contributed by atoms with Crippen molar-refractivity contribution in [2.24, 2.45) is 5.73 Å². The predicted octanol–water partition coefficient (Wildman–Crippen LogP) is 2.45. The number of sulfone groups is 1. The molecule has 1 unspecified atom stereocenters. The third-order valence-corrected chi connectivity index (χ3v) is 3.71. The van der Waals surface area contributed by atoms with Crippen LogP contribution in [0.4, 0.5) is 0 Å². The topological polar surface area (TPSA) is 60.2 Å². The molecule has 0 radical (unpaired) electrons. The number of rotatable bonds is 5. The van der Waals surface area contributed by atoms with Crippen molar-refractivity contribution in [3.63, 3.8) is 0 Å². The van der Waals surface area contributed by atoms with Gasteiger partial charge in [0.1, 0.15) is 0 Å². The Bertz CT molecular complexity index is 506. The van der Waals surface area contributed by atoms with Crippen LogP contribution in [0.25, 0.3) is 0 Å². The molecular formula is C13H19NO2S. The summed E-state index contributed by atoms with van der Waals surface area (Å²) in [5.74, 6) is 0. The molecule has 17 heavy (non-hydrogen) atoms. The molecule has 94 valence electrons. The van der Waals surface area contributed by atoms with Crippen LogP contribution in [0.3, 0.4) is 0 Å². The Morgan fingerprint density at radius 2 is 2.12 bits per heavy atom. The number of allylic oxidation sites excluding steroid dienone is 1. The van der Waals surface area contributed by atoms with Crippen molar-refractivity contribution in [2.45, 2.75) is 30.7 Å². The molecule has 0 heterocycles. The van der Waals surface area contributed by atoms with E-state index in [1.54, 1.807) is 18.2 Å². The van der Waals surface area contributed by atoms with Crippen LogP contribution >= 0.6 is 0 Å². The maximum absolute atomic E-state index is 11.4. The molecule has 0 saturated carbocycles. The lowest BCUT2D eigenvalue weighted by atomic mass is 10.0. The van der Waals surface area contributed by atoms with Gasteiger partial charge in [0, 0.05) is 12.3 Å². The Morgan fingerprint density at radius 3 is 2.65 bits per heavy atom. The monoisotopic (exact) mass is 253 g/mol. The molecule has 1 rings (SSSR count). The van der Waals surface area contributed by atoms with Crippen molar-refractivity contribution in [1.29, 1.82) is 0 Å². The summed E-state index contributed by atoms with van der Waals surface area (Å²) in [6.07, 6.45) is 2.83. The van der Waals surface area contributed by atoms with Gasteiger partial charge in [0.05, 0.1) is 4.90 Å². The highest BCUT2D eigenvalue weighted by Crippen LogP contribution is 2.20. The van der Waals surface area contributed by atoms with Crippen molar-refractivity contribution in [1.82, 2.24) is 0 Å². The summed E-state index contributed by atoms with van der Waals surface area (Å²) in [4.78, 5) is 0.320. The highest BCUT2D eigenvalue weighted by molar-refractivity contribution is 7.90. The summed E-state index contributed by atoms with van der Waals surface area (Å²) in [5, 5.41) is 0. The molecular weight excluding hydrogens is 234 g/mol. The van der Waals surface area contributed by atoms with Gasteiger partial charge in [-0.1, -0.05) is 17.7 Å². The first-order chi connectivity index (χ1) is 7.80. The van der Waals surface area contributed by atoms with Crippen LogP contribution in [0.15, 0.2) is 41.3 Å². The number of nitrogens with two attached hydrogens (primary N) is 1. The molecule has 3 nitrogen and oxygen atoms in total. The average Bonchev–Trinajstić information content (AvgIpc) is 2.25. The normalized spacial score (nSPS) is 13.4. The Morgan fingerprint density at radius 1 is 1.47 bits per heavy atom. The first-order valence-corrected chi connectivity index (χ1v) is 7.40. The minimum absolute atomic E-state index is 0.145. The second-order valence-electron chi connectivity index (χ2n) is 4.45. The maximum Gasteiger partial charge on any atom is 0.175 e. The van der Waals surface area contributed by atoms with E-state index >= 15 is 0 Å². The molecule has 0 saturated heterocycles. The zero-order chi connectivity index (χ0) is 13.1. The molecule has 0 aliphatic carbocycles. The average molecular weight is 253 g/mol. The second-order valence-corrected chi connectivity index (χ2v) is 6.46. The van der Waals surface area contributed by atoms with Crippen molar-refractivity contribution in [3.8, 4) is 0 Å². The van der Waals surface area contributed by atoms with E-state index in [-0.39, 0.29) is 6.04 Å². The third kappa shape index (κ3) is 4.32. The molecule has 1 aromatic carbocycles. The zero-order valence-electron chi connectivity index (χ0n) is 10.3. The van der Waals surface area contributed by atoms with E-state index in [9.17, 15) is 8.42 Å². The van der Waals surface area contributed by atoms with Crippen LogP contribution in [-0.4, -0.2) is 14.7 Å². The highest BCUT2D eigenvalue weighted by Gasteiger charge is 2.11. The highest BCUT2D eigenvalue weighted by atomic mass is 32.2. The Labute approximate surface area is 103 Å². The van der Waals surface area contributed by atoms with Gasteiger partial charge in [-0.15, -0.1) is 6.58 Å². The maximum atomic E-state index is 11.4. The SMILES string of the molecule is C=C(C)CCC(N)c1cccc(S(C)(=O)=O)c1. The predicted molar refractivity (Wildman–Crippen MR) is 70.5 cm³/mol. The van der Waals surface area contributed by atoms with Crippen molar-refractivity contribution >= 4 is 9.84 Å². The van der Waals surface area contributed by atoms with Crippen LogP contribution in [0.2, 0.25) is 0 Å². The molecule has 0 aliphatic heterocycles. The smallest absolute Gasteiger partial charge is 0.175 e. The van der Waals surface area contributed by atoms with Crippen LogP contribution in [0.5, 0.6) is 0 Å². The van der Waals surface area contributed by atoms with Crippen LogP contribution in [-0.2, 0) is 9.84 Å². The van der Waals surface area contributed by atoms with E-state index in [4.69, 9.17) is 5.73 Å². The fourth-order valence-corrected chi connectivity index (χ4v) is 2.22. The quantitative estimate of drug-likeness (QED) is 0.820. The minimum atomic E-state index is -3.16. The van der Waals surface area contributed by atoms with Crippen molar-refractivity contribution < 1.29 is 8.42 Å². The van der Waals surface area contributed by atoms with E-state index in [0.717, 1.165) is 24.0 Å². The molecule has 0 spiro atoms. The van der Waals surface area contributed by atoms with E-state index in [2.05, 4.69) is 6.58 Å². The lowest BCUT2D eigenvalue weighted by Gasteiger charge is -2.12. The summed E-state index contributed by atoms with van der Waals surface area (Å²) in [7, 11) is -3.16. The van der Waals surface area contributed by atoms with Crippen molar-refractivity contribution in [3.05, 3.63) is 42.0 Å². The minimum Gasteiger partial charge on any atom is -0.324 e. The lowest BCUT2D eigenvalue weighted by Crippen LogP contribution is -2.11. The molecule has 0 aromatic heterocycles. The van der Waals surface area contributed by atoms with Crippen LogP contribution < -0.4 is 5.73 Å². The van der Waals surface area contributed by atoms with Crippen LogP contribution in [0.1, 0.15) is 31.4 Å². The summed E-state index contributed by atoms with van der Waals surface area (Å²) >= 11 is 0. The number of hydrogen-bond acceptors (Lipinski definition) is 3. The molecule has 1 atom stereocenters. The first-order valence-electron chi connectivity index (χ1n) is 5.50. The summed E-state index contributed by atoms with van der Waals surface area (Å²) < 4.78 is 22.8. The summed E-state index contributed by atoms with van der Waals surface area (Å²) in [6.45, 7) is 5.78. The zero-order valence-corrected chi connectivity index (χ0v) is 11.1. The molecule has 1 aromatic rings. The third-order valence-electron chi connectivity index (χ3n) is 2.60. The molecule has 0 bridgehead atoms. The lowest BCUT2D eigenvalue weighted by molar-refractivity contribution is 0.601. The van der Waals surface area contributed by atoms with Gasteiger partial charge in [-0.05, 0) is 37.5 Å². The standard InChI is InChI=1S/C13H19NO2S/c1-10(2)7-8-13(14)11-5-4-6-12(9-11)17(3,15)16/h4-6,9,13H,1,7-8,14H2,2-3H3. The Balaban J connectivity index is 2.88. The van der Waals surface area contributed by atoms with E-state index in [1.807, 2.05) is 13.0 Å². The largest absolute Gasteiger partial charge is 0.324 e. The fraction of sp³-hybridized carbons (Fsp3) is 0.385. The van der Waals surface area contributed by atoms with Gasteiger partial charge < -0.3 is 5.73 Å². The summed E-state index contributed by atoms with van der Waals surface area (Å²) in [5.41, 5.74) is 7.96. The number of hydrogen-bond donors (Lipinski definition) is 1. The Kier molecular flexibility index (Phi) is 4.48.